The van der Waals surface area contributed by atoms with Crippen LogP contribution in [0.3, 0.4) is 0 Å². The van der Waals surface area contributed by atoms with Gasteiger partial charge < -0.3 is 9.64 Å². The summed E-state index contributed by atoms with van der Waals surface area (Å²) in [6, 6.07) is 8.08. The largest absolute Gasteiger partial charge is 0.461 e. The van der Waals surface area contributed by atoms with Crippen LogP contribution >= 0.6 is 11.6 Å². The average molecular weight is 429 g/mol. The average Bonchev–Trinajstić information content (AvgIpc) is 3.01. The van der Waals surface area contributed by atoms with Crippen LogP contribution in [0.2, 0.25) is 5.02 Å². The van der Waals surface area contributed by atoms with Gasteiger partial charge in [0.2, 0.25) is 0 Å². The zero-order chi connectivity index (χ0) is 20.9. The molecule has 4 nitrogen and oxygen atoms in total. The predicted molar refractivity (Wildman–Crippen MR) is 121 cm³/mol. The SMILES string of the molecule is C[C@@H]1CCC[C@@]2(C)C[C@H]3OC(=O)[C@@H](CN4CCN(c5cccc(Cl)c5)CC4)[C@@H]3C=C12. The molecule has 2 aliphatic carbocycles. The quantitative estimate of drug-likeness (QED) is 0.512. The molecule has 4 aliphatic rings. The summed E-state index contributed by atoms with van der Waals surface area (Å²) in [5.74, 6) is 0.905. The Kier molecular flexibility index (Phi) is 5.35. The first kappa shape index (κ1) is 20.4. The molecule has 0 amide bonds. The number of nitrogens with zero attached hydrogens (tertiary/aromatic N) is 2. The second kappa shape index (κ2) is 7.87. The van der Waals surface area contributed by atoms with E-state index in [2.05, 4.69) is 35.8 Å². The van der Waals surface area contributed by atoms with Crippen LogP contribution in [0.5, 0.6) is 0 Å². The van der Waals surface area contributed by atoms with E-state index in [1.165, 1.54) is 24.9 Å². The number of anilines is 1. The molecule has 0 aromatic heterocycles. The van der Waals surface area contributed by atoms with Crippen molar-refractivity contribution in [3.05, 3.63) is 40.9 Å². The highest BCUT2D eigenvalue weighted by atomic mass is 35.5. The van der Waals surface area contributed by atoms with Gasteiger partial charge in [0, 0.05) is 49.4 Å². The molecule has 5 rings (SSSR count). The smallest absolute Gasteiger partial charge is 0.311 e. The van der Waals surface area contributed by atoms with Gasteiger partial charge in [-0.1, -0.05) is 49.6 Å². The van der Waals surface area contributed by atoms with Gasteiger partial charge in [0.25, 0.3) is 0 Å². The molecule has 0 unspecified atom stereocenters. The van der Waals surface area contributed by atoms with Gasteiger partial charge in [0.1, 0.15) is 6.10 Å². The molecule has 0 radical (unpaired) electrons. The van der Waals surface area contributed by atoms with Crippen LogP contribution in [-0.4, -0.2) is 49.7 Å². The molecular weight excluding hydrogens is 396 g/mol. The summed E-state index contributed by atoms with van der Waals surface area (Å²) in [6.07, 6.45) is 7.37. The molecule has 5 heteroatoms. The molecule has 1 aromatic carbocycles. The molecule has 2 aliphatic heterocycles. The number of hydrogen-bond donors (Lipinski definition) is 0. The number of carbonyl (C=O) groups excluding carboxylic acids is 1. The Bertz CT molecular complexity index is 847. The summed E-state index contributed by atoms with van der Waals surface area (Å²) in [4.78, 5) is 17.7. The number of hydrogen-bond acceptors (Lipinski definition) is 4. The standard InChI is InChI=1S/C25H33ClN2O2/c1-17-5-4-8-25(2)15-23-20(14-22(17)25)21(24(29)30-23)16-27-9-11-28(12-10-27)19-7-3-6-18(26)13-19/h3,6-7,13-14,17,20-21,23H,4-5,8-12,15-16H2,1-2H3/t17-,20+,21+,23-,25+/m1/s1. The number of carbonyl (C=O) groups is 1. The highest BCUT2D eigenvalue weighted by Gasteiger charge is 2.52. The van der Waals surface area contributed by atoms with Crippen LogP contribution in [0.25, 0.3) is 0 Å². The summed E-state index contributed by atoms with van der Waals surface area (Å²) in [7, 11) is 0. The minimum Gasteiger partial charge on any atom is -0.461 e. The number of fused-ring (bicyclic) bond motifs is 2. The van der Waals surface area contributed by atoms with Crippen LogP contribution in [0.4, 0.5) is 5.69 Å². The lowest BCUT2D eigenvalue weighted by Gasteiger charge is -2.46. The van der Waals surface area contributed by atoms with Crippen molar-refractivity contribution in [3.63, 3.8) is 0 Å². The molecular formula is C25H33ClN2O2. The maximum atomic E-state index is 12.8. The number of benzene rings is 1. The highest BCUT2D eigenvalue weighted by Crippen LogP contribution is 2.54. The van der Waals surface area contributed by atoms with Gasteiger partial charge >= 0.3 is 5.97 Å². The maximum absolute atomic E-state index is 12.8. The Morgan fingerprint density at radius 3 is 2.80 bits per heavy atom. The number of halogens is 1. The Morgan fingerprint density at radius 2 is 2.03 bits per heavy atom. The van der Waals surface area contributed by atoms with E-state index in [0.717, 1.165) is 44.2 Å². The number of esters is 1. The van der Waals surface area contributed by atoms with Crippen LogP contribution < -0.4 is 4.90 Å². The topological polar surface area (TPSA) is 32.8 Å². The van der Waals surface area contributed by atoms with Crippen molar-refractivity contribution in [1.82, 2.24) is 4.90 Å². The van der Waals surface area contributed by atoms with Crippen molar-refractivity contribution in [2.24, 2.45) is 23.2 Å². The normalized spacial score (nSPS) is 36.7. The third-order valence-corrected chi connectivity index (χ3v) is 8.32. The number of allylic oxidation sites excluding steroid dienone is 1. The van der Waals surface area contributed by atoms with Gasteiger partial charge in [-0.3, -0.25) is 9.69 Å². The summed E-state index contributed by atoms with van der Waals surface area (Å²) >= 11 is 6.16. The molecule has 1 aromatic rings. The molecule has 3 fully saturated rings. The van der Waals surface area contributed by atoms with Crippen LogP contribution in [0.1, 0.15) is 39.5 Å². The summed E-state index contributed by atoms with van der Waals surface area (Å²) in [6.45, 7) is 9.44. The molecule has 0 bridgehead atoms. The summed E-state index contributed by atoms with van der Waals surface area (Å²) < 4.78 is 5.94. The van der Waals surface area contributed by atoms with Gasteiger partial charge in [-0.25, -0.2) is 0 Å². The Hall–Kier alpha value is -1.52. The second-order valence-corrected chi connectivity index (χ2v) is 10.5. The van der Waals surface area contributed by atoms with E-state index in [4.69, 9.17) is 16.3 Å². The molecule has 0 spiro atoms. The van der Waals surface area contributed by atoms with E-state index < -0.39 is 0 Å². The Labute approximate surface area is 185 Å². The zero-order valence-electron chi connectivity index (χ0n) is 18.1. The molecule has 1 saturated carbocycles. The van der Waals surface area contributed by atoms with E-state index in [1.807, 2.05) is 18.2 Å². The molecule has 30 heavy (non-hydrogen) atoms. The lowest BCUT2D eigenvalue weighted by molar-refractivity contribution is -0.145. The first-order valence-corrected chi connectivity index (χ1v) is 12.0. The van der Waals surface area contributed by atoms with Crippen molar-refractivity contribution in [1.29, 1.82) is 0 Å². The first-order chi connectivity index (χ1) is 14.4. The van der Waals surface area contributed by atoms with Crippen molar-refractivity contribution in [2.45, 2.75) is 45.6 Å². The van der Waals surface area contributed by atoms with E-state index in [1.54, 1.807) is 5.57 Å². The fraction of sp³-hybridized carbons (Fsp3) is 0.640. The Morgan fingerprint density at radius 1 is 1.23 bits per heavy atom. The molecule has 5 atom stereocenters. The maximum Gasteiger partial charge on any atom is 0.311 e. The first-order valence-electron chi connectivity index (χ1n) is 11.6. The minimum absolute atomic E-state index is 0.0149. The molecule has 0 N–H and O–H groups in total. The van der Waals surface area contributed by atoms with E-state index in [0.29, 0.717) is 5.92 Å². The van der Waals surface area contributed by atoms with E-state index in [-0.39, 0.29) is 29.3 Å². The summed E-state index contributed by atoms with van der Waals surface area (Å²) in [5.41, 5.74) is 3.02. The fourth-order valence-corrected chi connectivity index (χ4v) is 6.58. The van der Waals surface area contributed by atoms with Crippen LogP contribution in [0, 0.1) is 23.2 Å². The summed E-state index contributed by atoms with van der Waals surface area (Å²) in [5, 5.41) is 0.781. The third-order valence-electron chi connectivity index (χ3n) is 8.08. The predicted octanol–water partition coefficient (Wildman–Crippen LogP) is 4.78. The van der Waals surface area contributed by atoms with Crippen molar-refractivity contribution in [2.75, 3.05) is 37.6 Å². The van der Waals surface area contributed by atoms with Crippen molar-refractivity contribution >= 4 is 23.3 Å². The van der Waals surface area contributed by atoms with Gasteiger partial charge in [-0.05, 0) is 48.8 Å². The van der Waals surface area contributed by atoms with Crippen LogP contribution in [0.15, 0.2) is 35.9 Å². The van der Waals surface area contributed by atoms with Crippen LogP contribution in [-0.2, 0) is 9.53 Å². The minimum atomic E-state index is -0.0149. The van der Waals surface area contributed by atoms with Crippen molar-refractivity contribution in [3.8, 4) is 0 Å². The number of ether oxygens (including phenoxy) is 1. The van der Waals surface area contributed by atoms with Gasteiger partial charge in [0.05, 0.1) is 5.92 Å². The lowest BCUT2D eigenvalue weighted by Crippen LogP contribution is -2.49. The fourth-order valence-electron chi connectivity index (χ4n) is 6.40. The molecule has 162 valence electrons. The second-order valence-electron chi connectivity index (χ2n) is 10.1. The van der Waals surface area contributed by atoms with Crippen molar-refractivity contribution < 1.29 is 9.53 Å². The third kappa shape index (κ3) is 3.67. The number of rotatable bonds is 3. The molecule has 2 saturated heterocycles. The van der Waals surface area contributed by atoms with E-state index in [9.17, 15) is 4.79 Å². The molecule has 2 heterocycles. The highest BCUT2D eigenvalue weighted by molar-refractivity contribution is 6.30. The number of piperazine rings is 1. The van der Waals surface area contributed by atoms with Gasteiger partial charge in [0.15, 0.2) is 0 Å². The Balaban J connectivity index is 1.26. The lowest BCUT2D eigenvalue weighted by atomic mass is 9.59. The zero-order valence-corrected chi connectivity index (χ0v) is 18.9. The van der Waals surface area contributed by atoms with Gasteiger partial charge in [-0.15, -0.1) is 0 Å². The van der Waals surface area contributed by atoms with E-state index >= 15 is 0 Å². The van der Waals surface area contributed by atoms with Gasteiger partial charge in [-0.2, -0.15) is 0 Å². The monoisotopic (exact) mass is 428 g/mol.